The molecule has 0 radical (unpaired) electrons. The summed E-state index contributed by atoms with van der Waals surface area (Å²) in [6.45, 7) is 18.2. The molecule has 8 nitrogen and oxygen atoms in total. The zero-order valence-corrected chi connectivity index (χ0v) is 43.4. The maximum absolute atomic E-state index is 10.7. The molecule has 2 heterocycles. The van der Waals surface area contributed by atoms with Gasteiger partial charge in [0.2, 0.25) is 0 Å². The van der Waals surface area contributed by atoms with Crippen molar-refractivity contribution in [3.05, 3.63) is 275 Å². The van der Waals surface area contributed by atoms with Crippen LogP contribution in [0, 0.1) is 65.4 Å². The van der Waals surface area contributed by atoms with Crippen LogP contribution in [0.5, 0.6) is 0 Å². The Balaban J connectivity index is 1.13. The molecule has 81 heavy (non-hydrogen) atoms. The first-order valence-corrected chi connectivity index (χ1v) is 26.1. The van der Waals surface area contributed by atoms with E-state index >= 15 is 0 Å². The fraction of sp³-hybridized carbons (Fsp3) is 0.0137. The molecule has 11 aromatic carbocycles. The van der Waals surface area contributed by atoms with Gasteiger partial charge in [0.05, 0.1) is 93.1 Å². The Morgan fingerprint density at radius 2 is 0.667 bits per heavy atom. The lowest BCUT2D eigenvalue weighted by atomic mass is 9.93. The first-order valence-electron chi connectivity index (χ1n) is 26.1. The predicted molar refractivity (Wildman–Crippen MR) is 324 cm³/mol. The predicted octanol–water partition coefficient (Wildman–Crippen LogP) is 18.8. The normalized spacial score (nSPS) is 11.0. The van der Waals surface area contributed by atoms with Crippen molar-refractivity contribution in [2.75, 3.05) is 0 Å². The second-order valence-corrected chi connectivity index (χ2v) is 19.9. The van der Waals surface area contributed by atoms with E-state index in [0.717, 1.165) is 127 Å². The summed E-state index contributed by atoms with van der Waals surface area (Å²) in [4.78, 5) is 7.78. The average Bonchev–Trinajstić information content (AvgIpc) is 4.27. The zero-order valence-electron chi connectivity index (χ0n) is 43.4. The minimum atomic E-state index is 0.464. The number of hydrogen-bond donors (Lipinski definition) is 0. The van der Waals surface area contributed by atoms with Crippen LogP contribution < -0.4 is 0 Å². The van der Waals surface area contributed by atoms with Crippen LogP contribution in [0.3, 0.4) is 0 Å². The number of hydrogen-bond acceptors (Lipinski definition) is 4. The maximum Gasteiger partial charge on any atom is 0.194 e. The number of nitrogens with zero attached hydrogens (tertiary/aromatic N) is 8. The van der Waals surface area contributed by atoms with Crippen LogP contribution in [0.1, 0.15) is 27.8 Å². The van der Waals surface area contributed by atoms with Crippen molar-refractivity contribution in [3.8, 4) is 102 Å². The van der Waals surface area contributed by atoms with Gasteiger partial charge < -0.3 is 9.13 Å². The minimum Gasteiger partial charge on any atom is -0.309 e. The number of rotatable bonds is 8. The van der Waals surface area contributed by atoms with Gasteiger partial charge in [-0.3, -0.25) is 0 Å². The van der Waals surface area contributed by atoms with E-state index in [-0.39, 0.29) is 0 Å². The first-order chi connectivity index (χ1) is 39.8. The van der Waals surface area contributed by atoms with Gasteiger partial charge in [-0.1, -0.05) is 133 Å². The van der Waals surface area contributed by atoms with E-state index in [1.807, 2.05) is 153 Å². The number of benzene rings is 11. The van der Waals surface area contributed by atoms with E-state index < -0.39 is 0 Å². The summed E-state index contributed by atoms with van der Waals surface area (Å²) >= 11 is 0. The van der Waals surface area contributed by atoms with Crippen molar-refractivity contribution in [1.29, 1.82) is 21.0 Å². The number of para-hydroxylation sites is 2. The lowest BCUT2D eigenvalue weighted by Gasteiger charge is -2.20. The zero-order chi connectivity index (χ0) is 55.3. The van der Waals surface area contributed by atoms with E-state index in [1.165, 1.54) is 0 Å². The molecule has 372 valence electrons. The van der Waals surface area contributed by atoms with Crippen LogP contribution in [-0.4, -0.2) is 9.13 Å². The second-order valence-electron chi connectivity index (χ2n) is 19.9. The van der Waals surface area contributed by atoms with Crippen molar-refractivity contribution in [2.45, 2.75) is 6.92 Å². The number of fused-ring (bicyclic) bond motifs is 6. The summed E-state index contributed by atoms with van der Waals surface area (Å²) in [6.07, 6.45) is 0. The summed E-state index contributed by atoms with van der Waals surface area (Å²) in [5.74, 6) is 0. The Morgan fingerprint density at radius 3 is 1.09 bits per heavy atom. The third kappa shape index (κ3) is 8.11. The molecule has 0 amide bonds. The highest BCUT2D eigenvalue weighted by Crippen LogP contribution is 2.46. The van der Waals surface area contributed by atoms with E-state index in [2.05, 4.69) is 122 Å². The van der Waals surface area contributed by atoms with E-state index in [4.69, 9.17) is 13.1 Å². The summed E-state index contributed by atoms with van der Waals surface area (Å²) in [5.41, 5.74) is 19.7. The van der Waals surface area contributed by atoms with Crippen LogP contribution in [-0.2, 0) is 0 Å². The Kier molecular flexibility index (Phi) is 11.9. The second kappa shape index (κ2) is 19.8. The van der Waals surface area contributed by atoms with Crippen LogP contribution in [0.4, 0.5) is 11.4 Å². The number of nitriles is 4. The molecule has 0 aliphatic carbocycles. The average molecular weight is 1030 g/mol. The number of aromatic nitrogens is 2. The van der Waals surface area contributed by atoms with Gasteiger partial charge >= 0.3 is 0 Å². The Hall–Kier alpha value is -12.0. The summed E-state index contributed by atoms with van der Waals surface area (Å²) in [5, 5.41) is 45.0. The molecule has 0 unspecified atom stereocenters. The Bertz CT molecular complexity index is 4870. The van der Waals surface area contributed by atoms with Crippen molar-refractivity contribution in [1.82, 2.24) is 9.13 Å². The van der Waals surface area contributed by atoms with Gasteiger partial charge in [-0.25, -0.2) is 9.69 Å². The van der Waals surface area contributed by atoms with Crippen molar-refractivity contribution < 1.29 is 0 Å². The van der Waals surface area contributed by atoms with Crippen LogP contribution in [0.25, 0.3) is 131 Å². The van der Waals surface area contributed by atoms with Gasteiger partial charge in [-0.2, -0.15) is 21.0 Å². The molecular weight excluding hydrogens is 989 g/mol. The summed E-state index contributed by atoms with van der Waals surface area (Å²) < 4.78 is 4.51. The van der Waals surface area contributed by atoms with E-state index in [0.29, 0.717) is 33.6 Å². The van der Waals surface area contributed by atoms with Crippen LogP contribution >= 0.6 is 0 Å². The lowest BCUT2D eigenvalue weighted by Crippen LogP contribution is -2.03. The maximum atomic E-state index is 10.7. The topological polar surface area (TPSA) is 114 Å². The molecule has 0 bridgehead atoms. The largest absolute Gasteiger partial charge is 0.309 e. The fourth-order valence-corrected chi connectivity index (χ4v) is 11.7. The van der Waals surface area contributed by atoms with Crippen LogP contribution in [0.2, 0.25) is 0 Å². The molecule has 13 rings (SSSR count). The van der Waals surface area contributed by atoms with Crippen LogP contribution in [0.15, 0.2) is 224 Å². The molecule has 0 aliphatic rings. The monoisotopic (exact) mass is 1030 g/mol. The molecule has 0 saturated heterocycles. The molecule has 0 aliphatic heterocycles. The van der Waals surface area contributed by atoms with E-state index in [1.54, 1.807) is 0 Å². The number of aryl methyl sites for hydroxylation is 1. The van der Waals surface area contributed by atoms with Gasteiger partial charge in [0, 0.05) is 32.7 Å². The molecule has 0 atom stereocenters. The van der Waals surface area contributed by atoms with Crippen molar-refractivity contribution >= 4 is 55.0 Å². The Labute approximate surface area is 467 Å². The first kappa shape index (κ1) is 48.6. The highest BCUT2D eigenvalue weighted by atomic mass is 15.0. The quantitative estimate of drug-likeness (QED) is 0.141. The van der Waals surface area contributed by atoms with Gasteiger partial charge in [-0.05, 0) is 159 Å². The summed E-state index contributed by atoms with van der Waals surface area (Å²) in [6, 6.07) is 83.3. The highest BCUT2D eigenvalue weighted by Gasteiger charge is 2.24. The molecule has 8 heteroatoms. The molecule has 2 aromatic heterocycles. The van der Waals surface area contributed by atoms with Crippen molar-refractivity contribution in [3.63, 3.8) is 0 Å². The van der Waals surface area contributed by atoms with Gasteiger partial charge in [0.1, 0.15) is 0 Å². The Morgan fingerprint density at radius 1 is 0.321 bits per heavy atom. The third-order valence-electron chi connectivity index (χ3n) is 15.5. The standard InChI is InChI=1S/C73H40N8/c1-45-34-46(41-74)20-27-55(45)52-22-29-61(73(40-52)81-70-31-24-49(57-15-7-5-13-54(57)44-77)37-63(70)65-39-51(26-33-71(65)81)59-17-9-11-19-67(59)79-3)60-28-21-47(42-75)35-72(60)80-68-30-23-48(56-14-6-4-12-53(56)43-76)36-62(68)64-38-50(25-32-69(64)80)58-16-8-10-18-66(58)78-2/h4-40H,1H3. The third-order valence-corrected chi connectivity index (χ3v) is 15.5. The van der Waals surface area contributed by atoms with E-state index in [9.17, 15) is 21.0 Å². The molecular formula is C73H40N8. The molecule has 0 N–H and O–H groups in total. The smallest absolute Gasteiger partial charge is 0.194 e. The SMILES string of the molecule is [C-]#[N+]c1ccccc1-c1ccc2c(c1)c1cc(-c3ccccc3C#N)ccc1n2-c1cc(C#N)ccc1-c1ccc(-c2ccc(C#N)cc2C)cc1-n1c2ccc(-c3ccccc3C#N)cc2c2cc(-c3ccccc3[N+]#[C-])ccc21. The molecule has 0 fully saturated rings. The molecule has 0 saturated carbocycles. The molecule has 0 spiro atoms. The highest BCUT2D eigenvalue weighted by molar-refractivity contribution is 6.14. The van der Waals surface area contributed by atoms with Gasteiger partial charge in [0.15, 0.2) is 11.4 Å². The van der Waals surface area contributed by atoms with Gasteiger partial charge in [-0.15, -0.1) is 0 Å². The van der Waals surface area contributed by atoms with Gasteiger partial charge in [0.25, 0.3) is 0 Å². The lowest BCUT2D eigenvalue weighted by molar-refractivity contribution is 1.16. The summed E-state index contributed by atoms with van der Waals surface area (Å²) in [7, 11) is 0. The minimum absolute atomic E-state index is 0.464. The van der Waals surface area contributed by atoms with Crippen molar-refractivity contribution in [2.24, 2.45) is 0 Å². The fourth-order valence-electron chi connectivity index (χ4n) is 11.7. The molecule has 13 aromatic rings.